The molecule has 0 aliphatic carbocycles. The molecule has 2 heterocycles. The van der Waals surface area contributed by atoms with Crippen molar-refractivity contribution in [2.45, 2.75) is 19.0 Å². The van der Waals surface area contributed by atoms with Crippen molar-refractivity contribution in [2.75, 3.05) is 31.1 Å². The minimum absolute atomic E-state index is 0.0720. The zero-order chi connectivity index (χ0) is 18.8. The van der Waals surface area contributed by atoms with Gasteiger partial charge in [-0.2, -0.15) is 0 Å². The summed E-state index contributed by atoms with van der Waals surface area (Å²) in [5.74, 6) is -1.11. The highest BCUT2D eigenvalue weighted by Gasteiger charge is 2.47. The second-order valence-corrected chi connectivity index (χ2v) is 7.35. The van der Waals surface area contributed by atoms with Crippen LogP contribution in [0.2, 0.25) is 0 Å². The molecule has 2 aromatic rings. The van der Waals surface area contributed by atoms with Gasteiger partial charge in [-0.05, 0) is 12.1 Å². The van der Waals surface area contributed by atoms with Gasteiger partial charge in [0.1, 0.15) is 38.5 Å². The first kappa shape index (κ1) is 17.8. The molecule has 2 aliphatic heterocycles. The molecule has 2 N–H and O–H groups in total. The highest BCUT2D eigenvalue weighted by atomic mass is 19.1. The standard InChI is InChI=1S/C21H22FN3O2/c22-17-8-4-5-9-18(17)25-20(26)14-19(21(25)27)24-12-10-23(11-13-24)15-16-6-2-1-3-7-16/h1-9,19H,10-15H2/p+2/t19-/m1/s1. The third kappa shape index (κ3) is 3.63. The number of carbonyl (C=O) groups excluding carboxylic acids is 2. The zero-order valence-electron chi connectivity index (χ0n) is 15.2. The van der Waals surface area contributed by atoms with E-state index < -0.39 is 11.9 Å². The molecule has 2 aromatic carbocycles. The molecule has 140 valence electrons. The van der Waals surface area contributed by atoms with Crippen LogP contribution in [0.5, 0.6) is 0 Å². The number of piperazine rings is 1. The smallest absolute Gasteiger partial charge is 0.292 e. The van der Waals surface area contributed by atoms with Gasteiger partial charge in [0, 0.05) is 5.56 Å². The molecule has 4 rings (SSSR count). The van der Waals surface area contributed by atoms with Gasteiger partial charge in [0.25, 0.3) is 5.91 Å². The molecule has 6 heteroatoms. The van der Waals surface area contributed by atoms with Crippen LogP contribution in [0.15, 0.2) is 54.6 Å². The Labute approximate surface area is 158 Å². The second-order valence-electron chi connectivity index (χ2n) is 7.35. The summed E-state index contributed by atoms with van der Waals surface area (Å²) in [6.07, 6.45) is 0.163. The van der Waals surface area contributed by atoms with E-state index in [9.17, 15) is 14.0 Å². The number of para-hydroxylation sites is 1. The van der Waals surface area contributed by atoms with Crippen molar-refractivity contribution in [3.05, 3.63) is 66.0 Å². The summed E-state index contributed by atoms with van der Waals surface area (Å²) < 4.78 is 14.1. The predicted molar refractivity (Wildman–Crippen MR) is 98.8 cm³/mol. The maximum atomic E-state index is 14.1. The average Bonchev–Trinajstić information content (AvgIpc) is 2.98. The molecule has 2 aliphatic rings. The number of halogens is 1. The highest BCUT2D eigenvalue weighted by molar-refractivity contribution is 6.21. The zero-order valence-corrected chi connectivity index (χ0v) is 15.2. The molecule has 5 nitrogen and oxygen atoms in total. The number of nitrogens with one attached hydrogen (secondary N) is 2. The number of nitrogens with zero attached hydrogens (tertiary/aromatic N) is 1. The summed E-state index contributed by atoms with van der Waals surface area (Å²) in [7, 11) is 0. The Kier molecular flexibility index (Phi) is 5.01. The highest BCUT2D eigenvalue weighted by Crippen LogP contribution is 2.24. The molecule has 0 aromatic heterocycles. The Morgan fingerprint density at radius 3 is 2.30 bits per heavy atom. The Morgan fingerprint density at radius 2 is 1.59 bits per heavy atom. The molecule has 2 amide bonds. The summed E-state index contributed by atoms with van der Waals surface area (Å²) in [5, 5.41) is 0. The van der Waals surface area contributed by atoms with Crippen LogP contribution >= 0.6 is 0 Å². The second kappa shape index (κ2) is 7.58. The van der Waals surface area contributed by atoms with E-state index in [1.54, 1.807) is 12.1 Å². The monoisotopic (exact) mass is 369 g/mol. The summed E-state index contributed by atoms with van der Waals surface area (Å²) in [4.78, 5) is 28.9. The lowest BCUT2D eigenvalue weighted by Gasteiger charge is -2.32. The molecular weight excluding hydrogens is 345 g/mol. The van der Waals surface area contributed by atoms with Gasteiger partial charge in [-0.3, -0.25) is 9.59 Å². The molecule has 2 saturated heterocycles. The number of quaternary nitrogens is 2. The maximum absolute atomic E-state index is 14.1. The van der Waals surface area contributed by atoms with Gasteiger partial charge in [0.15, 0.2) is 6.04 Å². The number of imide groups is 1. The van der Waals surface area contributed by atoms with Crippen molar-refractivity contribution in [1.29, 1.82) is 0 Å². The van der Waals surface area contributed by atoms with Crippen molar-refractivity contribution in [1.82, 2.24) is 0 Å². The number of benzene rings is 2. The lowest BCUT2D eigenvalue weighted by molar-refractivity contribution is -1.02. The van der Waals surface area contributed by atoms with Crippen molar-refractivity contribution < 1.29 is 23.8 Å². The van der Waals surface area contributed by atoms with Gasteiger partial charge in [-0.15, -0.1) is 0 Å². The molecule has 0 unspecified atom stereocenters. The van der Waals surface area contributed by atoms with E-state index in [0.29, 0.717) is 0 Å². The van der Waals surface area contributed by atoms with Crippen molar-refractivity contribution >= 4 is 17.5 Å². The van der Waals surface area contributed by atoms with E-state index in [1.165, 1.54) is 22.6 Å². The first-order valence-electron chi connectivity index (χ1n) is 9.47. The summed E-state index contributed by atoms with van der Waals surface area (Å²) in [5.41, 5.74) is 1.39. The average molecular weight is 369 g/mol. The number of rotatable bonds is 4. The number of carbonyl (C=O) groups is 2. The quantitative estimate of drug-likeness (QED) is 0.710. The lowest BCUT2D eigenvalue weighted by Crippen LogP contribution is -3.29. The third-order valence-electron chi connectivity index (χ3n) is 5.63. The third-order valence-corrected chi connectivity index (χ3v) is 5.63. The van der Waals surface area contributed by atoms with E-state index in [2.05, 4.69) is 24.3 Å². The molecule has 0 radical (unpaired) electrons. The van der Waals surface area contributed by atoms with E-state index in [1.807, 2.05) is 6.07 Å². The number of hydrogen-bond acceptors (Lipinski definition) is 2. The van der Waals surface area contributed by atoms with Gasteiger partial charge in [-0.1, -0.05) is 42.5 Å². The van der Waals surface area contributed by atoms with E-state index in [-0.39, 0.29) is 23.9 Å². The largest absolute Gasteiger partial charge is 0.322 e. The number of anilines is 1. The molecule has 0 bridgehead atoms. The van der Waals surface area contributed by atoms with Crippen molar-refractivity contribution in [2.24, 2.45) is 0 Å². The lowest BCUT2D eigenvalue weighted by atomic mass is 10.1. The molecule has 1 atom stereocenters. The van der Waals surface area contributed by atoms with Crippen LogP contribution in [-0.2, 0) is 16.1 Å². The van der Waals surface area contributed by atoms with Gasteiger partial charge in [0.2, 0.25) is 5.91 Å². The normalized spacial score (nSPS) is 25.8. The molecule has 2 fully saturated rings. The Bertz CT molecular complexity index is 834. The van der Waals surface area contributed by atoms with Gasteiger partial charge >= 0.3 is 0 Å². The van der Waals surface area contributed by atoms with Crippen LogP contribution in [0.4, 0.5) is 10.1 Å². The van der Waals surface area contributed by atoms with Crippen LogP contribution in [0.25, 0.3) is 0 Å². The van der Waals surface area contributed by atoms with Gasteiger partial charge in [-0.25, -0.2) is 9.29 Å². The van der Waals surface area contributed by atoms with E-state index in [4.69, 9.17) is 0 Å². The molecule has 0 saturated carbocycles. The van der Waals surface area contributed by atoms with Crippen LogP contribution in [0.3, 0.4) is 0 Å². The fourth-order valence-electron chi connectivity index (χ4n) is 4.17. The number of amides is 2. The summed E-state index contributed by atoms with van der Waals surface area (Å²) in [6.45, 7) is 4.59. The van der Waals surface area contributed by atoms with Crippen molar-refractivity contribution in [3.63, 3.8) is 0 Å². The topological polar surface area (TPSA) is 46.3 Å². The molecule has 0 spiro atoms. The fourth-order valence-corrected chi connectivity index (χ4v) is 4.17. The van der Waals surface area contributed by atoms with E-state index >= 15 is 0 Å². The number of hydrogen-bond donors (Lipinski definition) is 2. The van der Waals surface area contributed by atoms with Gasteiger partial charge in [0.05, 0.1) is 12.1 Å². The Balaban J connectivity index is 1.40. The minimum Gasteiger partial charge on any atom is -0.322 e. The van der Waals surface area contributed by atoms with Crippen LogP contribution < -0.4 is 14.7 Å². The van der Waals surface area contributed by atoms with E-state index in [0.717, 1.165) is 42.5 Å². The minimum atomic E-state index is -0.535. The van der Waals surface area contributed by atoms with Crippen molar-refractivity contribution in [3.8, 4) is 0 Å². The first-order valence-corrected chi connectivity index (χ1v) is 9.47. The predicted octanol–water partition coefficient (Wildman–Crippen LogP) is -0.559. The summed E-state index contributed by atoms with van der Waals surface area (Å²) in [6, 6.07) is 16.0. The van der Waals surface area contributed by atoms with Crippen LogP contribution in [0.1, 0.15) is 12.0 Å². The fraction of sp³-hybridized carbons (Fsp3) is 0.333. The Hall–Kier alpha value is -2.57. The first-order chi connectivity index (χ1) is 13.1. The van der Waals surface area contributed by atoms with Gasteiger partial charge < -0.3 is 9.80 Å². The Morgan fingerprint density at radius 1 is 0.926 bits per heavy atom. The molecular formula is C21H24FN3O2+2. The molecule has 27 heavy (non-hydrogen) atoms. The SMILES string of the molecule is O=C1C[C@@H]([NH+]2CC[NH+](Cc3ccccc3)CC2)C(=O)N1c1ccccc1F. The summed E-state index contributed by atoms with van der Waals surface area (Å²) >= 11 is 0. The maximum Gasteiger partial charge on any atom is 0.292 e. The van der Waals surface area contributed by atoms with Crippen LogP contribution in [0, 0.1) is 5.82 Å². The van der Waals surface area contributed by atoms with Crippen LogP contribution in [-0.4, -0.2) is 44.0 Å².